The normalized spacial score (nSPS) is 17.1. The lowest BCUT2D eigenvalue weighted by Gasteiger charge is -2.18. The molecular formula is C12H23N3O. The van der Waals surface area contributed by atoms with E-state index in [1.54, 1.807) is 0 Å². The predicted octanol–water partition coefficient (Wildman–Crippen LogP) is 2.68. The fourth-order valence-corrected chi connectivity index (χ4v) is 1.79. The Morgan fingerprint density at radius 2 is 1.94 bits per heavy atom. The maximum atomic E-state index is 5.33. The number of nitrogens with one attached hydrogen (secondary N) is 1. The third-order valence-corrected chi connectivity index (χ3v) is 3.31. The fraction of sp³-hybridized carbons (Fsp3) is 0.833. The van der Waals surface area contributed by atoms with E-state index in [1.165, 1.54) is 0 Å². The topological polar surface area (TPSA) is 51.0 Å². The highest BCUT2D eigenvalue weighted by molar-refractivity contribution is 4.99. The van der Waals surface area contributed by atoms with Gasteiger partial charge in [-0.25, -0.2) is 0 Å². The van der Waals surface area contributed by atoms with E-state index in [1.807, 2.05) is 7.05 Å². The van der Waals surface area contributed by atoms with Gasteiger partial charge in [-0.3, -0.25) is 0 Å². The minimum absolute atomic E-state index is 0.264. The Bertz CT molecular complexity index is 307. The minimum atomic E-state index is 0.264. The van der Waals surface area contributed by atoms with Gasteiger partial charge in [0.1, 0.15) is 0 Å². The van der Waals surface area contributed by atoms with Gasteiger partial charge in [0.05, 0.1) is 5.92 Å². The van der Waals surface area contributed by atoms with Crippen molar-refractivity contribution in [2.75, 3.05) is 7.05 Å². The first-order valence-electron chi connectivity index (χ1n) is 6.14. The number of nitrogens with zero attached hydrogens (tertiary/aromatic N) is 2. The molecule has 1 aromatic rings. The van der Waals surface area contributed by atoms with Crippen molar-refractivity contribution < 1.29 is 4.52 Å². The zero-order valence-corrected chi connectivity index (χ0v) is 10.9. The first-order chi connectivity index (χ1) is 7.63. The fourth-order valence-electron chi connectivity index (χ4n) is 1.79. The summed E-state index contributed by atoms with van der Waals surface area (Å²) in [6.07, 6.45) is 2.09. The Morgan fingerprint density at radius 1 is 1.25 bits per heavy atom. The number of hydrogen-bond donors (Lipinski definition) is 1. The highest BCUT2D eigenvalue weighted by Crippen LogP contribution is 2.22. The quantitative estimate of drug-likeness (QED) is 0.808. The molecule has 1 heterocycles. The van der Waals surface area contributed by atoms with Gasteiger partial charge in [-0.05, 0) is 19.9 Å². The highest BCUT2D eigenvalue weighted by Gasteiger charge is 2.22. The van der Waals surface area contributed by atoms with Gasteiger partial charge in [0.25, 0.3) is 0 Å². The third kappa shape index (κ3) is 2.82. The molecule has 3 unspecified atom stereocenters. The van der Waals surface area contributed by atoms with Crippen LogP contribution in [0.1, 0.15) is 64.1 Å². The van der Waals surface area contributed by atoms with Crippen LogP contribution >= 0.6 is 0 Å². The van der Waals surface area contributed by atoms with Crippen LogP contribution in [-0.4, -0.2) is 23.2 Å². The van der Waals surface area contributed by atoms with Crippen molar-refractivity contribution in [3.63, 3.8) is 0 Å². The van der Waals surface area contributed by atoms with Gasteiger partial charge in [0.15, 0.2) is 5.82 Å². The van der Waals surface area contributed by atoms with Crippen LogP contribution in [0.5, 0.6) is 0 Å². The third-order valence-electron chi connectivity index (χ3n) is 3.31. The van der Waals surface area contributed by atoms with E-state index in [2.05, 4.69) is 43.2 Å². The summed E-state index contributed by atoms with van der Waals surface area (Å²) in [5.74, 6) is 2.21. The van der Waals surface area contributed by atoms with E-state index in [-0.39, 0.29) is 5.92 Å². The van der Waals surface area contributed by atoms with Crippen LogP contribution in [0, 0.1) is 0 Å². The van der Waals surface area contributed by atoms with Crippen molar-refractivity contribution >= 4 is 0 Å². The average Bonchev–Trinajstić information content (AvgIpc) is 2.78. The van der Waals surface area contributed by atoms with Crippen molar-refractivity contribution in [3.05, 3.63) is 11.7 Å². The van der Waals surface area contributed by atoms with Gasteiger partial charge in [-0.1, -0.05) is 32.9 Å². The Labute approximate surface area is 97.8 Å². The smallest absolute Gasteiger partial charge is 0.231 e. The first kappa shape index (κ1) is 13.2. The van der Waals surface area contributed by atoms with Crippen LogP contribution in [0.4, 0.5) is 0 Å². The zero-order chi connectivity index (χ0) is 12.1. The van der Waals surface area contributed by atoms with E-state index in [0.29, 0.717) is 12.0 Å². The van der Waals surface area contributed by atoms with E-state index in [9.17, 15) is 0 Å². The van der Waals surface area contributed by atoms with Gasteiger partial charge < -0.3 is 9.84 Å². The van der Waals surface area contributed by atoms with Crippen LogP contribution in [0.15, 0.2) is 4.52 Å². The van der Waals surface area contributed by atoms with Crippen molar-refractivity contribution in [1.29, 1.82) is 0 Å². The number of aromatic nitrogens is 2. The summed E-state index contributed by atoms with van der Waals surface area (Å²) in [4.78, 5) is 4.48. The van der Waals surface area contributed by atoms with Crippen molar-refractivity contribution in [2.45, 2.75) is 58.4 Å². The summed E-state index contributed by atoms with van der Waals surface area (Å²) in [7, 11) is 1.97. The summed E-state index contributed by atoms with van der Waals surface area (Å²) in [6.45, 7) is 8.53. The number of hydrogen-bond acceptors (Lipinski definition) is 4. The van der Waals surface area contributed by atoms with Crippen molar-refractivity contribution in [1.82, 2.24) is 15.5 Å². The second-order valence-electron chi connectivity index (χ2n) is 4.39. The minimum Gasteiger partial charge on any atom is -0.339 e. The maximum Gasteiger partial charge on any atom is 0.231 e. The van der Waals surface area contributed by atoms with Gasteiger partial charge in [-0.15, -0.1) is 0 Å². The Hall–Kier alpha value is -0.900. The molecule has 0 fully saturated rings. The first-order valence-corrected chi connectivity index (χ1v) is 6.14. The molecule has 4 heteroatoms. The molecule has 0 aromatic carbocycles. The lowest BCUT2D eigenvalue weighted by atomic mass is 10.00. The molecule has 1 aromatic heterocycles. The Kier molecular flexibility index (Phi) is 4.93. The van der Waals surface area contributed by atoms with Crippen molar-refractivity contribution in [2.24, 2.45) is 0 Å². The SMILES string of the molecule is CCC(C)c1noc(C(C)C(CC)NC)n1. The molecule has 4 nitrogen and oxygen atoms in total. The zero-order valence-electron chi connectivity index (χ0n) is 10.9. The van der Waals surface area contributed by atoms with E-state index >= 15 is 0 Å². The van der Waals surface area contributed by atoms with Gasteiger partial charge >= 0.3 is 0 Å². The average molecular weight is 225 g/mol. The van der Waals surface area contributed by atoms with Crippen LogP contribution in [-0.2, 0) is 0 Å². The molecule has 0 aliphatic heterocycles. The molecule has 92 valence electrons. The highest BCUT2D eigenvalue weighted by atomic mass is 16.5. The Morgan fingerprint density at radius 3 is 2.44 bits per heavy atom. The number of rotatable bonds is 6. The summed E-state index contributed by atoms with van der Waals surface area (Å²) >= 11 is 0. The molecule has 16 heavy (non-hydrogen) atoms. The second kappa shape index (κ2) is 5.99. The van der Waals surface area contributed by atoms with Gasteiger partial charge in [0.2, 0.25) is 5.89 Å². The van der Waals surface area contributed by atoms with E-state index in [0.717, 1.165) is 24.6 Å². The van der Waals surface area contributed by atoms with Crippen LogP contribution < -0.4 is 5.32 Å². The maximum absolute atomic E-state index is 5.33. The monoisotopic (exact) mass is 225 g/mol. The van der Waals surface area contributed by atoms with E-state index in [4.69, 9.17) is 4.52 Å². The second-order valence-corrected chi connectivity index (χ2v) is 4.39. The van der Waals surface area contributed by atoms with Gasteiger partial charge in [0, 0.05) is 12.0 Å². The summed E-state index contributed by atoms with van der Waals surface area (Å²) in [6, 6.07) is 0.394. The van der Waals surface area contributed by atoms with Crippen LogP contribution in [0.25, 0.3) is 0 Å². The molecule has 0 spiro atoms. The lowest BCUT2D eigenvalue weighted by Crippen LogP contribution is -2.30. The molecule has 0 saturated carbocycles. The lowest BCUT2D eigenvalue weighted by molar-refractivity contribution is 0.322. The molecule has 1 rings (SSSR count). The summed E-state index contributed by atoms with van der Waals surface area (Å²) < 4.78 is 5.33. The summed E-state index contributed by atoms with van der Waals surface area (Å²) in [5, 5.41) is 7.32. The predicted molar refractivity (Wildman–Crippen MR) is 64.6 cm³/mol. The molecule has 0 amide bonds. The molecule has 0 saturated heterocycles. The molecule has 0 aliphatic rings. The standard InChI is InChI=1S/C12H23N3O/c1-6-8(3)11-14-12(16-15-11)9(4)10(7-2)13-5/h8-10,13H,6-7H2,1-5H3. The van der Waals surface area contributed by atoms with Crippen molar-refractivity contribution in [3.8, 4) is 0 Å². The molecule has 0 bridgehead atoms. The largest absolute Gasteiger partial charge is 0.339 e. The molecule has 1 N–H and O–H groups in total. The van der Waals surface area contributed by atoms with Gasteiger partial charge in [-0.2, -0.15) is 4.98 Å². The number of likely N-dealkylation sites (N-methyl/N-ethyl adjacent to an activating group) is 1. The molecule has 0 aliphatic carbocycles. The molecular weight excluding hydrogens is 202 g/mol. The summed E-state index contributed by atoms with van der Waals surface area (Å²) in [5.41, 5.74) is 0. The molecule has 3 atom stereocenters. The Balaban J connectivity index is 2.76. The molecule has 0 radical (unpaired) electrons. The van der Waals surface area contributed by atoms with E-state index < -0.39 is 0 Å². The van der Waals surface area contributed by atoms with Crippen LogP contribution in [0.3, 0.4) is 0 Å². The van der Waals surface area contributed by atoms with Crippen LogP contribution in [0.2, 0.25) is 0 Å².